The van der Waals surface area contributed by atoms with E-state index in [0.717, 1.165) is 11.7 Å². The fraction of sp³-hybridized carbons (Fsp3) is 0.188. The molecule has 0 saturated heterocycles. The molecule has 0 amide bonds. The van der Waals surface area contributed by atoms with Crippen molar-refractivity contribution in [2.45, 2.75) is 11.8 Å². The lowest BCUT2D eigenvalue weighted by molar-refractivity contribution is 0.606. The van der Waals surface area contributed by atoms with Crippen LogP contribution in [0.2, 0.25) is 0 Å². The van der Waals surface area contributed by atoms with E-state index in [1.54, 1.807) is 23.9 Å². The van der Waals surface area contributed by atoms with Crippen LogP contribution in [0, 0.1) is 5.82 Å². The van der Waals surface area contributed by atoms with Crippen LogP contribution in [0.5, 0.6) is 0 Å². The molecule has 0 radical (unpaired) electrons. The van der Waals surface area contributed by atoms with Crippen LogP contribution in [0.25, 0.3) is 0 Å². The molecule has 3 rings (SSSR count). The van der Waals surface area contributed by atoms with Crippen LogP contribution in [-0.4, -0.2) is 11.7 Å². The second kappa shape index (κ2) is 6.09. The summed E-state index contributed by atoms with van der Waals surface area (Å²) in [6.07, 6.45) is 0. The summed E-state index contributed by atoms with van der Waals surface area (Å²) in [6, 6.07) is 17.1. The van der Waals surface area contributed by atoms with Crippen LogP contribution in [-0.2, 0) is 6.54 Å². The second-order valence-corrected chi connectivity index (χ2v) is 5.80. The highest BCUT2D eigenvalue weighted by atomic mass is 32.2. The molecule has 4 heteroatoms. The Morgan fingerprint density at radius 3 is 2.65 bits per heavy atom. The monoisotopic (exact) mass is 286 g/mol. The minimum Gasteiger partial charge on any atom is -0.361 e. The third-order valence-electron chi connectivity index (χ3n) is 3.21. The molecule has 1 unspecified atom stereocenters. The van der Waals surface area contributed by atoms with E-state index < -0.39 is 0 Å². The molecule has 1 N–H and O–H groups in total. The molecular weight excluding hydrogens is 271 g/mol. The fourth-order valence-corrected chi connectivity index (χ4v) is 3.14. The molecule has 2 nitrogen and oxygen atoms in total. The van der Waals surface area contributed by atoms with Gasteiger partial charge < -0.3 is 5.32 Å². The van der Waals surface area contributed by atoms with Gasteiger partial charge in [-0.3, -0.25) is 4.99 Å². The Balaban J connectivity index is 1.57. The number of rotatable bonds is 3. The van der Waals surface area contributed by atoms with Gasteiger partial charge >= 0.3 is 0 Å². The molecule has 0 aromatic heterocycles. The minimum atomic E-state index is -0.178. The Labute approximate surface area is 122 Å². The molecule has 1 aliphatic heterocycles. The van der Waals surface area contributed by atoms with E-state index in [4.69, 9.17) is 0 Å². The molecule has 1 heterocycles. The lowest BCUT2D eigenvalue weighted by Gasteiger charge is -2.09. The highest BCUT2D eigenvalue weighted by molar-refractivity contribution is 8.14. The molecular formula is C16H15FN2S. The Kier molecular flexibility index (Phi) is 4.02. The van der Waals surface area contributed by atoms with Gasteiger partial charge in [0, 0.05) is 12.1 Å². The molecule has 2 aromatic rings. The lowest BCUT2D eigenvalue weighted by Crippen LogP contribution is -2.19. The van der Waals surface area contributed by atoms with Gasteiger partial charge in [-0.05, 0) is 11.6 Å². The number of hydrogen-bond donors (Lipinski definition) is 1. The first-order valence-electron chi connectivity index (χ1n) is 6.56. The largest absolute Gasteiger partial charge is 0.361 e. The third-order valence-corrected chi connectivity index (χ3v) is 4.42. The molecule has 20 heavy (non-hydrogen) atoms. The Morgan fingerprint density at radius 2 is 1.85 bits per heavy atom. The maximum absolute atomic E-state index is 13.5. The van der Waals surface area contributed by atoms with Gasteiger partial charge in [-0.15, -0.1) is 0 Å². The Hall–Kier alpha value is -1.81. The van der Waals surface area contributed by atoms with Crippen molar-refractivity contribution in [3.05, 3.63) is 71.5 Å². The standard InChI is InChI=1S/C16H15FN2S/c17-14-9-5-4-8-13(14)10-18-16-19-11-15(20-16)12-6-2-1-3-7-12/h1-9,15H,10-11H2,(H,18,19). The van der Waals surface area contributed by atoms with E-state index in [-0.39, 0.29) is 5.82 Å². The summed E-state index contributed by atoms with van der Waals surface area (Å²) in [4.78, 5) is 4.48. The Bertz CT molecular complexity index is 613. The SMILES string of the molecule is Fc1ccccc1CNC1=NCC(c2ccccc2)S1. The first-order valence-corrected chi connectivity index (χ1v) is 7.44. The van der Waals surface area contributed by atoms with Crippen LogP contribution >= 0.6 is 11.8 Å². The van der Waals surface area contributed by atoms with Gasteiger partial charge in [0.05, 0.1) is 11.8 Å². The number of thioether (sulfide) groups is 1. The zero-order valence-electron chi connectivity index (χ0n) is 10.9. The van der Waals surface area contributed by atoms with Gasteiger partial charge in [-0.25, -0.2) is 4.39 Å². The van der Waals surface area contributed by atoms with Crippen molar-refractivity contribution in [2.24, 2.45) is 4.99 Å². The lowest BCUT2D eigenvalue weighted by atomic mass is 10.1. The second-order valence-electron chi connectivity index (χ2n) is 4.61. The third kappa shape index (κ3) is 3.02. The summed E-state index contributed by atoms with van der Waals surface area (Å²) in [6.45, 7) is 1.24. The van der Waals surface area contributed by atoms with Crippen LogP contribution < -0.4 is 5.32 Å². The average Bonchev–Trinajstić information content (AvgIpc) is 2.96. The summed E-state index contributed by atoms with van der Waals surface area (Å²) < 4.78 is 13.5. The quantitative estimate of drug-likeness (QED) is 0.929. The predicted octanol–water partition coefficient (Wildman–Crippen LogP) is 3.76. The van der Waals surface area contributed by atoms with Crippen molar-refractivity contribution in [3.63, 3.8) is 0 Å². The van der Waals surface area contributed by atoms with Crippen molar-refractivity contribution in [1.29, 1.82) is 0 Å². The van der Waals surface area contributed by atoms with Gasteiger partial charge in [-0.1, -0.05) is 60.3 Å². The van der Waals surface area contributed by atoms with Crippen molar-refractivity contribution in [3.8, 4) is 0 Å². The van der Waals surface area contributed by atoms with Crippen LogP contribution in [0.15, 0.2) is 59.6 Å². The van der Waals surface area contributed by atoms with Crippen molar-refractivity contribution in [1.82, 2.24) is 5.32 Å². The molecule has 102 valence electrons. The number of benzene rings is 2. The maximum atomic E-state index is 13.5. The van der Waals surface area contributed by atoms with Crippen molar-refractivity contribution < 1.29 is 4.39 Å². The van der Waals surface area contributed by atoms with Gasteiger partial charge in [0.2, 0.25) is 0 Å². The smallest absolute Gasteiger partial charge is 0.157 e. The van der Waals surface area contributed by atoms with Gasteiger partial charge in [0.25, 0.3) is 0 Å². The summed E-state index contributed by atoms with van der Waals surface area (Å²) >= 11 is 1.71. The van der Waals surface area contributed by atoms with E-state index >= 15 is 0 Å². The average molecular weight is 286 g/mol. The minimum absolute atomic E-state index is 0.178. The predicted molar refractivity (Wildman–Crippen MR) is 82.3 cm³/mol. The van der Waals surface area contributed by atoms with E-state index in [1.807, 2.05) is 24.3 Å². The number of aliphatic imine (C=N–C) groups is 1. The molecule has 0 spiro atoms. The number of nitrogens with one attached hydrogen (secondary N) is 1. The molecule has 0 fully saturated rings. The van der Waals surface area contributed by atoms with Gasteiger partial charge in [0.1, 0.15) is 5.82 Å². The van der Waals surface area contributed by atoms with Crippen molar-refractivity contribution >= 4 is 16.9 Å². The zero-order chi connectivity index (χ0) is 13.8. The van der Waals surface area contributed by atoms with Crippen molar-refractivity contribution in [2.75, 3.05) is 6.54 Å². The topological polar surface area (TPSA) is 24.4 Å². The number of halogens is 1. The maximum Gasteiger partial charge on any atom is 0.157 e. The molecule has 0 saturated carbocycles. The first-order chi connectivity index (χ1) is 9.83. The van der Waals surface area contributed by atoms with Gasteiger partial charge in [0.15, 0.2) is 5.17 Å². The van der Waals surface area contributed by atoms with E-state index in [2.05, 4.69) is 22.4 Å². The fourth-order valence-electron chi connectivity index (χ4n) is 2.13. The van der Waals surface area contributed by atoms with E-state index in [0.29, 0.717) is 17.4 Å². The van der Waals surface area contributed by atoms with Crippen LogP contribution in [0.3, 0.4) is 0 Å². The summed E-state index contributed by atoms with van der Waals surface area (Å²) in [5, 5.41) is 4.46. The van der Waals surface area contributed by atoms with E-state index in [1.165, 1.54) is 11.6 Å². The number of nitrogens with zero attached hydrogens (tertiary/aromatic N) is 1. The van der Waals surface area contributed by atoms with Crippen LogP contribution in [0.4, 0.5) is 4.39 Å². The number of amidine groups is 1. The van der Waals surface area contributed by atoms with Crippen LogP contribution in [0.1, 0.15) is 16.4 Å². The van der Waals surface area contributed by atoms with E-state index in [9.17, 15) is 4.39 Å². The summed E-state index contributed by atoms with van der Waals surface area (Å²) in [5.74, 6) is -0.178. The Morgan fingerprint density at radius 1 is 1.10 bits per heavy atom. The molecule has 1 aliphatic rings. The molecule has 0 bridgehead atoms. The first kappa shape index (κ1) is 13.2. The summed E-state index contributed by atoms with van der Waals surface area (Å²) in [7, 11) is 0. The summed E-state index contributed by atoms with van der Waals surface area (Å²) in [5.41, 5.74) is 1.95. The molecule has 1 atom stereocenters. The zero-order valence-corrected chi connectivity index (χ0v) is 11.7. The molecule has 0 aliphatic carbocycles. The number of hydrogen-bond acceptors (Lipinski definition) is 3. The van der Waals surface area contributed by atoms with Gasteiger partial charge in [-0.2, -0.15) is 0 Å². The highest BCUT2D eigenvalue weighted by Gasteiger charge is 2.20. The molecule has 2 aromatic carbocycles. The highest BCUT2D eigenvalue weighted by Crippen LogP contribution is 2.34. The normalized spacial score (nSPS) is 17.9.